The van der Waals surface area contributed by atoms with Crippen molar-refractivity contribution in [1.29, 1.82) is 0 Å². The zero-order chi connectivity index (χ0) is 23.4. The molecule has 2 N–H and O–H groups in total. The number of piperidine rings is 1. The van der Waals surface area contributed by atoms with E-state index >= 15 is 0 Å². The Kier molecular flexibility index (Phi) is 7.29. The molecular weight excluding hydrogens is 467 g/mol. The fourth-order valence-corrected chi connectivity index (χ4v) is 4.92. The van der Waals surface area contributed by atoms with Crippen LogP contribution in [-0.2, 0) is 9.59 Å². The summed E-state index contributed by atoms with van der Waals surface area (Å²) >= 11 is 7.09. The van der Waals surface area contributed by atoms with E-state index in [0.29, 0.717) is 22.1 Å². The molecule has 1 fully saturated rings. The number of halogens is 2. The van der Waals surface area contributed by atoms with E-state index < -0.39 is 17.0 Å². The zero-order valence-corrected chi connectivity index (χ0v) is 19.2. The molecule has 2 aromatic carbocycles. The van der Waals surface area contributed by atoms with Crippen LogP contribution in [-0.4, -0.2) is 46.1 Å². The molecule has 4 rings (SSSR count). The van der Waals surface area contributed by atoms with Crippen molar-refractivity contribution < 1.29 is 18.8 Å². The second-order valence-electron chi connectivity index (χ2n) is 7.80. The van der Waals surface area contributed by atoms with Gasteiger partial charge in [0.1, 0.15) is 11.1 Å². The van der Waals surface area contributed by atoms with E-state index in [1.54, 1.807) is 18.2 Å². The minimum atomic E-state index is -0.577. The van der Waals surface area contributed by atoms with Crippen molar-refractivity contribution >= 4 is 57.6 Å². The smallest absolute Gasteiger partial charge is 0.262 e. The summed E-state index contributed by atoms with van der Waals surface area (Å²) in [6.45, 7) is 1.77. The number of carbonyl (C=O) groups is 3. The summed E-state index contributed by atoms with van der Waals surface area (Å²) < 4.78 is 13.3. The second-order valence-corrected chi connectivity index (χ2v) is 9.38. The summed E-state index contributed by atoms with van der Waals surface area (Å²) in [6.07, 6.45) is 3.34. The summed E-state index contributed by atoms with van der Waals surface area (Å²) in [5.74, 6) is -1.64. The van der Waals surface area contributed by atoms with Gasteiger partial charge in [-0.15, -0.1) is 0 Å². The second kappa shape index (κ2) is 10.4. The van der Waals surface area contributed by atoms with Crippen molar-refractivity contribution in [1.82, 2.24) is 4.90 Å². The number of likely N-dealkylation sites (tertiary alicyclic amines) is 1. The molecule has 2 aliphatic heterocycles. The van der Waals surface area contributed by atoms with Gasteiger partial charge in [-0.25, -0.2) is 4.39 Å². The summed E-state index contributed by atoms with van der Waals surface area (Å²) in [4.78, 5) is 43.6. The first-order valence-electron chi connectivity index (χ1n) is 10.6. The van der Waals surface area contributed by atoms with Gasteiger partial charge < -0.3 is 15.5 Å². The lowest BCUT2D eigenvalue weighted by Gasteiger charge is -2.27. The number of aliphatic imine (C=N–C) groups is 1. The highest BCUT2D eigenvalue weighted by molar-refractivity contribution is 8.15. The molecule has 172 valence electrons. The Hall–Kier alpha value is -2.91. The average Bonchev–Trinajstić information content (AvgIpc) is 3.17. The van der Waals surface area contributed by atoms with E-state index in [2.05, 4.69) is 20.5 Å². The molecule has 2 aliphatic rings. The van der Waals surface area contributed by atoms with Crippen LogP contribution in [0.2, 0.25) is 5.02 Å². The molecule has 0 saturated carbocycles. The van der Waals surface area contributed by atoms with Gasteiger partial charge in [0, 0.05) is 36.4 Å². The Bertz CT molecular complexity index is 1120. The van der Waals surface area contributed by atoms with Crippen LogP contribution in [0.25, 0.3) is 0 Å². The van der Waals surface area contributed by atoms with Crippen LogP contribution < -0.4 is 10.6 Å². The number of carbonyl (C=O) groups excluding carboxylic acids is 3. The molecule has 0 aliphatic carbocycles. The molecule has 0 bridgehead atoms. The lowest BCUT2D eigenvalue weighted by Crippen LogP contribution is -2.33. The maximum absolute atomic E-state index is 13.3. The Morgan fingerprint density at radius 1 is 1.09 bits per heavy atom. The minimum absolute atomic E-state index is 0.00512. The number of hydrogen-bond acceptors (Lipinski definition) is 5. The molecule has 0 unspecified atom stereocenters. The number of amidine groups is 1. The van der Waals surface area contributed by atoms with Crippen LogP contribution in [0, 0.1) is 5.82 Å². The van der Waals surface area contributed by atoms with Crippen molar-refractivity contribution in [3.8, 4) is 0 Å². The highest BCUT2D eigenvalue weighted by atomic mass is 35.5. The predicted octanol–water partition coefficient (Wildman–Crippen LogP) is 4.54. The van der Waals surface area contributed by atoms with Gasteiger partial charge in [0.2, 0.25) is 5.91 Å². The largest absolute Gasteiger partial charge is 0.351 e. The molecule has 7 nitrogen and oxygen atoms in total. The van der Waals surface area contributed by atoms with Gasteiger partial charge in [-0.3, -0.25) is 14.4 Å². The lowest BCUT2D eigenvalue weighted by molar-refractivity contribution is -0.121. The number of benzene rings is 2. The molecule has 2 aromatic rings. The van der Waals surface area contributed by atoms with Gasteiger partial charge >= 0.3 is 0 Å². The Morgan fingerprint density at radius 3 is 2.61 bits per heavy atom. The van der Waals surface area contributed by atoms with Gasteiger partial charge in [-0.2, -0.15) is 4.99 Å². The van der Waals surface area contributed by atoms with Gasteiger partial charge in [-0.1, -0.05) is 29.4 Å². The molecular formula is C23H22ClFN4O3S. The van der Waals surface area contributed by atoms with Crippen LogP contribution in [0.15, 0.2) is 47.5 Å². The van der Waals surface area contributed by atoms with E-state index in [-0.39, 0.29) is 23.3 Å². The molecule has 3 amide bonds. The molecule has 2 heterocycles. The lowest BCUT2D eigenvalue weighted by atomic mass is 10.1. The number of thioether (sulfide) groups is 1. The molecule has 1 atom stereocenters. The molecule has 0 radical (unpaired) electrons. The summed E-state index contributed by atoms with van der Waals surface area (Å²) in [6, 6.07) is 10.3. The van der Waals surface area contributed by atoms with Crippen molar-refractivity contribution in [2.24, 2.45) is 4.99 Å². The fraction of sp³-hybridized carbons (Fsp3) is 0.304. The zero-order valence-electron chi connectivity index (χ0n) is 17.6. The van der Waals surface area contributed by atoms with Crippen LogP contribution in [0.4, 0.5) is 15.8 Å². The summed E-state index contributed by atoms with van der Waals surface area (Å²) in [5, 5.41) is 5.44. The minimum Gasteiger partial charge on any atom is -0.351 e. The first-order valence-corrected chi connectivity index (χ1v) is 11.9. The number of nitrogens with zero attached hydrogens (tertiary/aromatic N) is 2. The van der Waals surface area contributed by atoms with Gasteiger partial charge in [0.25, 0.3) is 11.8 Å². The van der Waals surface area contributed by atoms with Crippen LogP contribution >= 0.6 is 23.4 Å². The SMILES string of the molecule is O=C(C[C@H]1SC(N2CCCCC2)=NC1=O)Nc1cccc(C(=O)Nc2ccc(F)c(Cl)c2)c1. The Balaban J connectivity index is 1.33. The summed E-state index contributed by atoms with van der Waals surface area (Å²) in [5.41, 5.74) is 1.08. The van der Waals surface area contributed by atoms with E-state index in [0.717, 1.165) is 32.0 Å². The van der Waals surface area contributed by atoms with E-state index in [1.165, 1.54) is 36.4 Å². The average molecular weight is 489 g/mol. The van der Waals surface area contributed by atoms with Crippen LogP contribution in [0.5, 0.6) is 0 Å². The van der Waals surface area contributed by atoms with E-state index in [9.17, 15) is 18.8 Å². The van der Waals surface area contributed by atoms with Crippen molar-refractivity contribution in [3.05, 3.63) is 58.9 Å². The Labute approximate surface area is 199 Å². The summed E-state index contributed by atoms with van der Waals surface area (Å²) in [7, 11) is 0. The Morgan fingerprint density at radius 2 is 1.85 bits per heavy atom. The van der Waals surface area contributed by atoms with Gasteiger partial charge in [0.15, 0.2) is 5.17 Å². The molecule has 1 saturated heterocycles. The van der Waals surface area contributed by atoms with Gasteiger partial charge in [0.05, 0.1) is 5.02 Å². The number of hydrogen-bond donors (Lipinski definition) is 2. The third-order valence-corrected chi connectivity index (χ3v) is 6.82. The van der Waals surface area contributed by atoms with E-state index in [4.69, 9.17) is 11.6 Å². The molecule has 0 aromatic heterocycles. The number of amides is 3. The predicted molar refractivity (Wildman–Crippen MR) is 128 cm³/mol. The first kappa shape index (κ1) is 23.3. The third kappa shape index (κ3) is 5.91. The van der Waals surface area contributed by atoms with Crippen molar-refractivity contribution in [2.45, 2.75) is 30.9 Å². The molecule has 33 heavy (non-hydrogen) atoms. The van der Waals surface area contributed by atoms with Crippen LogP contribution in [0.1, 0.15) is 36.0 Å². The molecule has 0 spiro atoms. The highest BCUT2D eigenvalue weighted by Crippen LogP contribution is 2.29. The van der Waals surface area contributed by atoms with Crippen LogP contribution in [0.3, 0.4) is 0 Å². The fourth-order valence-electron chi connectivity index (χ4n) is 3.63. The first-order chi connectivity index (χ1) is 15.9. The number of rotatable bonds is 5. The van der Waals surface area contributed by atoms with Crippen molar-refractivity contribution in [2.75, 3.05) is 23.7 Å². The highest BCUT2D eigenvalue weighted by Gasteiger charge is 2.33. The monoisotopic (exact) mass is 488 g/mol. The van der Waals surface area contributed by atoms with E-state index in [1.807, 2.05) is 0 Å². The molecule has 10 heteroatoms. The number of nitrogens with one attached hydrogen (secondary N) is 2. The maximum Gasteiger partial charge on any atom is 0.262 e. The normalized spacial score (nSPS) is 18.1. The van der Waals surface area contributed by atoms with Gasteiger partial charge in [-0.05, 0) is 55.7 Å². The topological polar surface area (TPSA) is 90.9 Å². The third-order valence-electron chi connectivity index (χ3n) is 5.31. The standard InChI is InChI=1S/C23H22ClFN4O3S/c24-17-12-16(7-8-18(17)25)27-21(31)14-5-4-6-15(11-14)26-20(30)13-19-22(32)28-23(33-19)29-9-2-1-3-10-29/h4-8,11-12,19H,1-3,9-10,13H2,(H,26,30)(H,27,31)/t19-/m1/s1. The van der Waals surface area contributed by atoms with Crippen molar-refractivity contribution in [3.63, 3.8) is 0 Å². The maximum atomic E-state index is 13.3. The number of anilines is 2. The quantitative estimate of drug-likeness (QED) is 0.644.